The number of rotatable bonds is 3. The van der Waals surface area contributed by atoms with E-state index in [0.29, 0.717) is 13.0 Å². The number of aliphatic carboxylic acids is 1. The van der Waals surface area contributed by atoms with Gasteiger partial charge in [-0.1, -0.05) is 24.3 Å². The lowest BCUT2D eigenvalue weighted by molar-refractivity contribution is -0.134. The quantitative estimate of drug-likeness (QED) is 0.569. The molecular weight excluding hydrogens is 258 g/mol. The molecule has 0 aliphatic carbocycles. The number of carboxylic acids is 1. The maximum atomic E-state index is 11.4. The maximum absolute atomic E-state index is 11.4. The molecule has 1 heterocycles. The van der Waals surface area contributed by atoms with E-state index in [2.05, 4.69) is 0 Å². The van der Waals surface area contributed by atoms with Crippen LogP contribution in [-0.4, -0.2) is 34.3 Å². The SMILES string of the molecule is CC(=O)O.N=C(N)c1ccc(CN2CCCC2=O)cc1. The molecule has 0 bridgehead atoms. The van der Waals surface area contributed by atoms with Crippen molar-refractivity contribution in [2.24, 2.45) is 5.73 Å². The summed E-state index contributed by atoms with van der Waals surface area (Å²) in [7, 11) is 0. The third-order valence-electron chi connectivity index (χ3n) is 2.81. The van der Waals surface area contributed by atoms with Crippen molar-refractivity contribution >= 4 is 17.7 Å². The molecule has 1 aromatic rings. The number of hydrogen-bond acceptors (Lipinski definition) is 3. The normalized spacial score (nSPS) is 13.7. The average Bonchev–Trinajstić information content (AvgIpc) is 2.75. The molecule has 108 valence electrons. The van der Waals surface area contributed by atoms with Crippen molar-refractivity contribution in [3.05, 3.63) is 35.4 Å². The van der Waals surface area contributed by atoms with Gasteiger partial charge in [0.25, 0.3) is 5.97 Å². The van der Waals surface area contributed by atoms with Crippen LogP contribution in [0.1, 0.15) is 30.9 Å². The van der Waals surface area contributed by atoms with Gasteiger partial charge in [-0.2, -0.15) is 0 Å². The number of carbonyl (C=O) groups is 2. The van der Waals surface area contributed by atoms with E-state index in [1.165, 1.54) is 0 Å². The monoisotopic (exact) mass is 277 g/mol. The highest BCUT2D eigenvalue weighted by Gasteiger charge is 2.19. The van der Waals surface area contributed by atoms with Gasteiger partial charge in [-0.3, -0.25) is 15.0 Å². The first-order chi connectivity index (χ1) is 9.40. The minimum Gasteiger partial charge on any atom is -0.481 e. The van der Waals surface area contributed by atoms with Gasteiger partial charge in [0.15, 0.2) is 0 Å². The van der Waals surface area contributed by atoms with Gasteiger partial charge in [-0.05, 0) is 12.0 Å². The van der Waals surface area contributed by atoms with Crippen molar-refractivity contribution in [1.29, 1.82) is 5.41 Å². The molecular formula is C14H19N3O3. The van der Waals surface area contributed by atoms with Gasteiger partial charge in [0, 0.05) is 32.0 Å². The molecule has 1 aliphatic rings. The van der Waals surface area contributed by atoms with E-state index in [0.717, 1.165) is 31.0 Å². The van der Waals surface area contributed by atoms with Gasteiger partial charge >= 0.3 is 0 Å². The average molecular weight is 277 g/mol. The second-order valence-electron chi connectivity index (χ2n) is 4.55. The molecule has 1 saturated heterocycles. The summed E-state index contributed by atoms with van der Waals surface area (Å²) in [5.74, 6) is -0.528. The highest BCUT2D eigenvalue weighted by molar-refractivity contribution is 5.94. The van der Waals surface area contributed by atoms with E-state index < -0.39 is 5.97 Å². The Balaban J connectivity index is 0.000000444. The number of benzene rings is 1. The highest BCUT2D eigenvalue weighted by Crippen LogP contribution is 2.14. The summed E-state index contributed by atoms with van der Waals surface area (Å²) < 4.78 is 0. The zero-order valence-electron chi connectivity index (χ0n) is 11.4. The van der Waals surface area contributed by atoms with E-state index >= 15 is 0 Å². The van der Waals surface area contributed by atoms with Crippen LogP contribution in [0.15, 0.2) is 24.3 Å². The molecule has 1 fully saturated rings. The van der Waals surface area contributed by atoms with Crippen LogP contribution in [-0.2, 0) is 16.1 Å². The lowest BCUT2D eigenvalue weighted by atomic mass is 10.1. The summed E-state index contributed by atoms with van der Waals surface area (Å²) in [4.78, 5) is 22.3. The van der Waals surface area contributed by atoms with Crippen LogP contribution < -0.4 is 5.73 Å². The molecule has 4 N–H and O–H groups in total. The fraction of sp³-hybridized carbons (Fsp3) is 0.357. The number of nitrogens with two attached hydrogens (primary N) is 1. The zero-order valence-corrected chi connectivity index (χ0v) is 11.4. The summed E-state index contributed by atoms with van der Waals surface area (Å²) in [5.41, 5.74) is 7.17. The highest BCUT2D eigenvalue weighted by atomic mass is 16.4. The summed E-state index contributed by atoms with van der Waals surface area (Å²) in [6, 6.07) is 7.47. The lowest BCUT2D eigenvalue weighted by Gasteiger charge is -2.15. The molecule has 0 spiro atoms. The third-order valence-corrected chi connectivity index (χ3v) is 2.81. The molecule has 0 atom stereocenters. The Morgan fingerprint density at radius 3 is 2.35 bits per heavy atom. The molecule has 1 amide bonds. The predicted molar refractivity (Wildman–Crippen MR) is 75.4 cm³/mol. The molecule has 0 radical (unpaired) electrons. The van der Waals surface area contributed by atoms with Gasteiger partial charge in [0.1, 0.15) is 5.84 Å². The zero-order chi connectivity index (χ0) is 15.1. The van der Waals surface area contributed by atoms with Crippen molar-refractivity contribution in [2.75, 3.05) is 6.54 Å². The Bertz CT molecular complexity index is 493. The van der Waals surface area contributed by atoms with Crippen LogP contribution in [0.25, 0.3) is 0 Å². The van der Waals surface area contributed by atoms with Gasteiger partial charge in [0.05, 0.1) is 0 Å². The fourth-order valence-corrected chi connectivity index (χ4v) is 1.88. The maximum Gasteiger partial charge on any atom is 0.300 e. The van der Waals surface area contributed by atoms with Crippen LogP contribution in [0.4, 0.5) is 0 Å². The minimum absolute atomic E-state index is 0.0730. The van der Waals surface area contributed by atoms with E-state index in [1.54, 1.807) is 0 Å². The second-order valence-corrected chi connectivity index (χ2v) is 4.55. The van der Waals surface area contributed by atoms with Crippen molar-refractivity contribution < 1.29 is 14.7 Å². The predicted octanol–water partition coefficient (Wildman–Crippen LogP) is 1.18. The molecule has 20 heavy (non-hydrogen) atoms. The Labute approximate surface area is 117 Å². The van der Waals surface area contributed by atoms with Crippen LogP contribution in [0.2, 0.25) is 0 Å². The van der Waals surface area contributed by atoms with E-state index in [4.69, 9.17) is 21.0 Å². The van der Waals surface area contributed by atoms with Crippen LogP contribution in [0, 0.1) is 5.41 Å². The van der Waals surface area contributed by atoms with Gasteiger partial charge in [-0.25, -0.2) is 0 Å². The number of amidine groups is 1. The van der Waals surface area contributed by atoms with Crippen molar-refractivity contribution in [2.45, 2.75) is 26.3 Å². The van der Waals surface area contributed by atoms with Crippen LogP contribution in [0.5, 0.6) is 0 Å². The Kier molecular flexibility index (Phi) is 5.71. The molecule has 2 rings (SSSR count). The largest absolute Gasteiger partial charge is 0.481 e. The summed E-state index contributed by atoms with van der Waals surface area (Å²) >= 11 is 0. The van der Waals surface area contributed by atoms with E-state index in [-0.39, 0.29) is 11.7 Å². The minimum atomic E-state index is -0.833. The smallest absolute Gasteiger partial charge is 0.300 e. The first-order valence-electron chi connectivity index (χ1n) is 6.31. The van der Waals surface area contributed by atoms with Crippen molar-refractivity contribution in [3.63, 3.8) is 0 Å². The topological polar surface area (TPSA) is 107 Å². The first kappa shape index (κ1) is 15.7. The Morgan fingerprint density at radius 2 is 1.95 bits per heavy atom. The number of hydrogen-bond donors (Lipinski definition) is 3. The lowest BCUT2D eigenvalue weighted by Crippen LogP contribution is -2.23. The number of likely N-dealkylation sites (tertiary alicyclic amines) is 1. The summed E-state index contributed by atoms with van der Waals surface area (Å²) in [6.07, 6.45) is 1.63. The molecule has 6 nitrogen and oxygen atoms in total. The molecule has 1 aromatic carbocycles. The van der Waals surface area contributed by atoms with Gasteiger partial charge in [-0.15, -0.1) is 0 Å². The third kappa shape index (κ3) is 5.09. The van der Waals surface area contributed by atoms with E-state index in [9.17, 15) is 4.79 Å². The first-order valence-corrected chi connectivity index (χ1v) is 6.31. The van der Waals surface area contributed by atoms with Crippen molar-refractivity contribution in [3.8, 4) is 0 Å². The summed E-state index contributed by atoms with van der Waals surface area (Å²) in [5, 5.41) is 14.7. The summed E-state index contributed by atoms with van der Waals surface area (Å²) in [6.45, 7) is 2.60. The fourth-order valence-electron chi connectivity index (χ4n) is 1.88. The number of nitrogens with one attached hydrogen (secondary N) is 1. The molecule has 0 aromatic heterocycles. The number of carboxylic acid groups (broad SMARTS) is 1. The number of nitrogen functional groups attached to an aromatic ring is 1. The second kappa shape index (κ2) is 7.28. The van der Waals surface area contributed by atoms with Gasteiger partial charge < -0.3 is 15.7 Å². The van der Waals surface area contributed by atoms with Crippen LogP contribution in [0.3, 0.4) is 0 Å². The molecule has 1 aliphatic heterocycles. The van der Waals surface area contributed by atoms with E-state index in [1.807, 2.05) is 29.2 Å². The number of amides is 1. The Morgan fingerprint density at radius 1 is 1.40 bits per heavy atom. The molecule has 0 saturated carbocycles. The Hall–Kier alpha value is -2.37. The van der Waals surface area contributed by atoms with Gasteiger partial charge in [0.2, 0.25) is 5.91 Å². The molecule has 0 unspecified atom stereocenters. The van der Waals surface area contributed by atoms with Crippen LogP contribution >= 0.6 is 0 Å². The standard InChI is InChI=1S/C12H15N3O.C2H4O2/c13-12(14)10-5-3-9(4-6-10)8-15-7-1-2-11(15)16;1-2(3)4/h3-6H,1-2,7-8H2,(H3,13,14);1H3,(H,3,4). The number of nitrogens with zero attached hydrogens (tertiary/aromatic N) is 1. The van der Waals surface area contributed by atoms with Crippen molar-refractivity contribution in [1.82, 2.24) is 4.90 Å². The number of carbonyl (C=O) groups excluding carboxylic acids is 1. The molecule has 6 heteroatoms.